The third kappa shape index (κ3) is 2.71. The lowest BCUT2D eigenvalue weighted by atomic mass is 9.76. The molecule has 0 spiro atoms. The second kappa shape index (κ2) is 5.97. The fraction of sp³-hybridized carbons (Fsp3) is 0.312. The minimum atomic E-state index is -0.296. The largest absolute Gasteiger partial charge is 0.393 e. The van der Waals surface area contributed by atoms with Crippen LogP contribution in [0.25, 0.3) is 5.65 Å². The summed E-state index contributed by atoms with van der Waals surface area (Å²) >= 11 is 0. The van der Waals surface area contributed by atoms with Crippen molar-refractivity contribution in [3.8, 4) is 0 Å². The number of hydrogen-bond acceptors (Lipinski definition) is 6. The highest BCUT2D eigenvalue weighted by Gasteiger charge is 2.36. The lowest BCUT2D eigenvalue weighted by molar-refractivity contribution is 0.0228. The van der Waals surface area contributed by atoms with Gasteiger partial charge in [-0.25, -0.2) is 0 Å². The van der Waals surface area contributed by atoms with E-state index in [1.807, 2.05) is 18.2 Å². The van der Waals surface area contributed by atoms with Gasteiger partial charge >= 0.3 is 0 Å². The fourth-order valence-corrected chi connectivity index (χ4v) is 3.00. The zero-order valence-corrected chi connectivity index (χ0v) is 12.8. The standard InChI is InChI=1S/C16H16N6O2/c23-12-7-11(8-12)15(13-3-1-2-6-17-13)18-16(24)10-4-5-14-19-20-21-22(14)9-10/h1-6,9,11-12,15,23H,7-8H2,(H,18,24)/t11?,12?,15-/m0/s1. The fourth-order valence-electron chi connectivity index (χ4n) is 3.00. The molecule has 8 heteroatoms. The molecule has 0 bridgehead atoms. The molecule has 1 amide bonds. The first kappa shape index (κ1) is 14.7. The van der Waals surface area contributed by atoms with E-state index in [-0.39, 0.29) is 24.0 Å². The van der Waals surface area contributed by atoms with Gasteiger partial charge in [-0.1, -0.05) is 6.07 Å². The Labute approximate surface area is 137 Å². The molecule has 0 radical (unpaired) electrons. The van der Waals surface area contributed by atoms with Crippen LogP contribution in [0, 0.1) is 5.92 Å². The number of nitrogens with one attached hydrogen (secondary N) is 1. The van der Waals surface area contributed by atoms with Gasteiger partial charge in [-0.05, 0) is 53.5 Å². The van der Waals surface area contributed by atoms with Crippen LogP contribution in [0.2, 0.25) is 0 Å². The maximum Gasteiger partial charge on any atom is 0.253 e. The van der Waals surface area contributed by atoms with Crippen LogP contribution in [0.1, 0.15) is 34.9 Å². The number of amides is 1. The van der Waals surface area contributed by atoms with Gasteiger partial charge < -0.3 is 10.4 Å². The van der Waals surface area contributed by atoms with Crippen LogP contribution in [0.4, 0.5) is 0 Å². The minimum absolute atomic E-state index is 0.176. The summed E-state index contributed by atoms with van der Waals surface area (Å²) in [6, 6.07) is 8.77. The van der Waals surface area contributed by atoms with Crippen LogP contribution in [-0.4, -0.2) is 42.1 Å². The monoisotopic (exact) mass is 324 g/mol. The molecule has 0 saturated heterocycles. The van der Waals surface area contributed by atoms with E-state index in [0.717, 1.165) is 5.69 Å². The van der Waals surface area contributed by atoms with E-state index in [4.69, 9.17) is 0 Å². The van der Waals surface area contributed by atoms with Gasteiger partial charge in [-0.15, -0.1) is 5.10 Å². The van der Waals surface area contributed by atoms with Gasteiger partial charge in [0.1, 0.15) is 0 Å². The van der Waals surface area contributed by atoms with Crippen molar-refractivity contribution in [3.05, 3.63) is 54.0 Å². The summed E-state index contributed by atoms with van der Waals surface area (Å²) in [6.45, 7) is 0. The maximum absolute atomic E-state index is 12.6. The topological polar surface area (TPSA) is 105 Å². The number of aliphatic hydroxyl groups is 1. The molecule has 0 unspecified atom stereocenters. The van der Waals surface area contributed by atoms with Gasteiger partial charge in [0.05, 0.1) is 23.4 Å². The van der Waals surface area contributed by atoms with E-state index < -0.39 is 0 Å². The smallest absolute Gasteiger partial charge is 0.253 e. The molecule has 0 aromatic carbocycles. The van der Waals surface area contributed by atoms with Gasteiger partial charge in [0.2, 0.25) is 0 Å². The number of fused-ring (bicyclic) bond motifs is 1. The molecule has 3 heterocycles. The molecule has 1 saturated carbocycles. The van der Waals surface area contributed by atoms with Crippen molar-refractivity contribution < 1.29 is 9.90 Å². The number of carbonyl (C=O) groups excluding carboxylic acids is 1. The molecule has 1 aliphatic carbocycles. The van der Waals surface area contributed by atoms with Crippen LogP contribution in [0.5, 0.6) is 0 Å². The molecule has 3 aromatic heterocycles. The molecular weight excluding hydrogens is 308 g/mol. The maximum atomic E-state index is 12.6. The molecule has 8 nitrogen and oxygen atoms in total. The summed E-state index contributed by atoms with van der Waals surface area (Å²) in [5.41, 5.74) is 1.84. The molecule has 122 valence electrons. The first-order valence-electron chi connectivity index (χ1n) is 7.78. The number of nitrogens with zero attached hydrogens (tertiary/aromatic N) is 5. The van der Waals surface area contributed by atoms with Crippen LogP contribution in [-0.2, 0) is 0 Å². The van der Waals surface area contributed by atoms with Crippen LogP contribution < -0.4 is 5.32 Å². The third-order valence-corrected chi connectivity index (χ3v) is 4.37. The average Bonchev–Trinajstić information content (AvgIpc) is 3.05. The highest BCUT2D eigenvalue weighted by molar-refractivity contribution is 5.94. The average molecular weight is 324 g/mol. The molecule has 1 aliphatic rings. The van der Waals surface area contributed by atoms with Crippen molar-refractivity contribution >= 4 is 11.6 Å². The highest BCUT2D eigenvalue weighted by Crippen LogP contribution is 2.37. The van der Waals surface area contributed by atoms with E-state index in [2.05, 4.69) is 25.8 Å². The Kier molecular flexibility index (Phi) is 3.66. The van der Waals surface area contributed by atoms with Crippen LogP contribution in [0.3, 0.4) is 0 Å². The lowest BCUT2D eigenvalue weighted by Crippen LogP contribution is -2.41. The molecule has 3 aromatic rings. The zero-order chi connectivity index (χ0) is 16.5. The summed E-state index contributed by atoms with van der Waals surface area (Å²) in [5, 5.41) is 23.8. The SMILES string of the molecule is O=C(N[C@H](c1ccccn1)C1CC(O)C1)c1ccc2nnnn2c1. The number of carbonyl (C=O) groups is 1. The van der Waals surface area contributed by atoms with Crippen molar-refractivity contribution in [3.63, 3.8) is 0 Å². The van der Waals surface area contributed by atoms with Gasteiger partial charge in [0.25, 0.3) is 5.91 Å². The second-order valence-electron chi connectivity index (χ2n) is 5.99. The Morgan fingerprint density at radius 1 is 1.29 bits per heavy atom. The van der Waals surface area contributed by atoms with Crippen molar-refractivity contribution in [1.29, 1.82) is 0 Å². The summed E-state index contributed by atoms with van der Waals surface area (Å²) < 4.78 is 1.46. The molecular formula is C16H16N6O2. The molecule has 24 heavy (non-hydrogen) atoms. The first-order valence-corrected chi connectivity index (χ1v) is 7.78. The van der Waals surface area contributed by atoms with Crippen LogP contribution >= 0.6 is 0 Å². The number of aliphatic hydroxyl groups excluding tert-OH is 1. The van der Waals surface area contributed by atoms with E-state index in [1.165, 1.54) is 4.52 Å². The van der Waals surface area contributed by atoms with Crippen molar-refractivity contribution in [2.75, 3.05) is 0 Å². The lowest BCUT2D eigenvalue weighted by Gasteiger charge is -2.37. The Bertz CT molecular complexity index is 859. The molecule has 1 fully saturated rings. The number of pyridine rings is 2. The van der Waals surface area contributed by atoms with Crippen molar-refractivity contribution in [2.24, 2.45) is 5.92 Å². The molecule has 0 aliphatic heterocycles. The van der Waals surface area contributed by atoms with Crippen molar-refractivity contribution in [2.45, 2.75) is 25.0 Å². The predicted octanol–water partition coefficient (Wildman–Crippen LogP) is 0.761. The van der Waals surface area contributed by atoms with E-state index in [9.17, 15) is 9.90 Å². The third-order valence-electron chi connectivity index (χ3n) is 4.37. The van der Waals surface area contributed by atoms with Gasteiger partial charge in [0, 0.05) is 12.4 Å². The minimum Gasteiger partial charge on any atom is -0.393 e. The number of rotatable bonds is 4. The number of aromatic nitrogens is 5. The second-order valence-corrected chi connectivity index (χ2v) is 5.99. The van der Waals surface area contributed by atoms with E-state index >= 15 is 0 Å². The molecule has 4 rings (SSSR count). The quantitative estimate of drug-likeness (QED) is 0.734. The highest BCUT2D eigenvalue weighted by atomic mass is 16.3. The Balaban J connectivity index is 1.58. The summed E-state index contributed by atoms with van der Waals surface area (Å²) in [6.07, 6.45) is 4.32. The first-order chi connectivity index (χ1) is 11.7. The normalized spacial score (nSPS) is 21.2. The van der Waals surface area contributed by atoms with Crippen molar-refractivity contribution in [1.82, 2.24) is 30.3 Å². The number of hydrogen-bond donors (Lipinski definition) is 2. The van der Waals surface area contributed by atoms with Crippen LogP contribution in [0.15, 0.2) is 42.7 Å². The van der Waals surface area contributed by atoms with E-state index in [0.29, 0.717) is 24.1 Å². The molecule has 2 N–H and O–H groups in total. The summed E-state index contributed by atoms with van der Waals surface area (Å²) in [7, 11) is 0. The Morgan fingerprint density at radius 2 is 2.17 bits per heavy atom. The van der Waals surface area contributed by atoms with E-state index in [1.54, 1.807) is 24.5 Å². The Hall–Kier alpha value is -2.87. The summed E-state index contributed by atoms with van der Waals surface area (Å²) in [4.78, 5) is 17.0. The van der Waals surface area contributed by atoms with Gasteiger partial charge in [-0.2, -0.15) is 4.52 Å². The number of tetrazole rings is 1. The zero-order valence-electron chi connectivity index (χ0n) is 12.8. The predicted molar refractivity (Wildman–Crippen MR) is 84.0 cm³/mol. The Morgan fingerprint density at radius 3 is 2.92 bits per heavy atom. The van der Waals surface area contributed by atoms with Gasteiger partial charge in [0.15, 0.2) is 5.65 Å². The summed E-state index contributed by atoms with van der Waals surface area (Å²) in [5.74, 6) is -0.0416. The molecule has 1 atom stereocenters. The van der Waals surface area contributed by atoms with Gasteiger partial charge in [-0.3, -0.25) is 9.78 Å².